The summed E-state index contributed by atoms with van der Waals surface area (Å²) in [6.07, 6.45) is 1.72. The lowest BCUT2D eigenvalue weighted by Crippen LogP contribution is -2.25. The fraction of sp³-hybridized carbons (Fsp3) is 0.111. The van der Waals surface area contributed by atoms with E-state index in [9.17, 15) is 9.59 Å². The second kappa shape index (κ2) is 8.15. The Labute approximate surface area is 139 Å². The van der Waals surface area contributed by atoms with E-state index in [4.69, 9.17) is 16.3 Å². The standard InChI is InChI=1S/C18H16ClNO3/c1-20-17(21)12-23-18(22)16(11-13-5-3-2-4-6-13)14-7-9-15(19)10-8-14/h2-11H,12H2,1H3,(H,20,21)/b16-11+. The topological polar surface area (TPSA) is 55.4 Å². The van der Waals surface area contributed by atoms with Gasteiger partial charge in [-0.1, -0.05) is 54.1 Å². The van der Waals surface area contributed by atoms with Gasteiger partial charge in [0, 0.05) is 12.1 Å². The predicted molar refractivity (Wildman–Crippen MR) is 90.8 cm³/mol. The minimum atomic E-state index is -0.570. The molecule has 2 aromatic rings. The molecule has 0 aliphatic heterocycles. The van der Waals surface area contributed by atoms with E-state index < -0.39 is 5.97 Å². The number of hydrogen-bond donors (Lipinski definition) is 1. The SMILES string of the molecule is CNC(=O)COC(=O)/C(=C/c1ccccc1)c1ccc(Cl)cc1. The van der Waals surface area contributed by atoms with Gasteiger partial charge < -0.3 is 10.1 Å². The van der Waals surface area contributed by atoms with Crippen molar-refractivity contribution >= 4 is 35.1 Å². The first-order valence-electron chi connectivity index (χ1n) is 7.00. The van der Waals surface area contributed by atoms with Crippen molar-refractivity contribution in [3.05, 3.63) is 70.7 Å². The average molecular weight is 330 g/mol. The Morgan fingerprint density at radius 3 is 2.35 bits per heavy atom. The van der Waals surface area contributed by atoms with Crippen molar-refractivity contribution in [2.75, 3.05) is 13.7 Å². The minimum absolute atomic E-state index is 0.324. The third kappa shape index (κ3) is 4.97. The number of nitrogens with one attached hydrogen (secondary N) is 1. The zero-order valence-corrected chi connectivity index (χ0v) is 13.3. The maximum atomic E-state index is 12.3. The highest BCUT2D eigenvalue weighted by molar-refractivity contribution is 6.30. The molecular weight excluding hydrogens is 314 g/mol. The first-order valence-corrected chi connectivity index (χ1v) is 7.38. The summed E-state index contributed by atoms with van der Waals surface area (Å²) in [6.45, 7) is -0.324. The summed E-state index contributed by atoms with van der Waals surface area (Å²) in [5, 5.41) is 2.98. The Hall–Kier alpha value is -2.59. The van der Waals surface area contributed by atoms with Gasteiger partial charge in [-0.05, 0) is 29.3 Å². The number of carbonyl (C=O) groups excluding carboxylic acids is 2. The Morgan fingerprint density at radius 1 is 1.09 bits per heavy atom. The largest absolute Gasteiger partial charge is 0.452 e. The average Bonchev–Trinajstić information content (AvgIpc) is 2.59. The quantitative estimate of drug-likeness (QED) is 0.521. The van der Waals surface area contributed by atoms with Crippen molar-refractivity contribution in [1.29, 1.82) is 0 Å². The van der Waals surface area contributed by atoms with Gasteiger partial charge in [-0.15, -0.1) is 0 Å². The lowest BCUT2D eigenvalue weighted by Gasteiger charge is -2.09. The molecule has 5 heteroatoms. The molecule has 0 aliphatic carbocycles. The van der Waals surface area contributed by atoms with E-state index in [0.717, 1.165) is 5.56 Å². The normalized spacial score (nSPS) is 11.0. The highest BCUT2D eigenvalue weighted by atomic mass is 35.5. The summed E-state index contributed by atoms with van der Waals surface area (Å²) < 4.78 is 5.06. The highest BCUT2D eigenvalue weighted by Crippen LogP contribution is 2.22. The molecule has 23 heavy (non-hydrogen) atoms. The Balaban J connectivity index is 2.31. The summed E-state index contributed by atoms with van der Waals surface area (Å²) in [6, 6.07) is 16.3. The van der Waals surface area contributed by atoms with E-state index >= 15 is 0 Å². The number of hydrogen-bond acceptors (Lipinski definition) is 3. The molecule has 0 fully saturated rings. The van der Waals surface area contributed by atoms with Gasteiger partial charge in [-0.2, -0.15) is 0 Å². The first kappa shape index (κ1) is 16.8. The molecule has 0 spiro atoms. The van der Waals surface area contributed by atoms with Gasteiger partial charge in [0.1, 0.15) is 0 Å². The maximum absolute atomic E-state index is 12.3. The summed E-state index contributed by atoms with van der Waals surface area (Å²) in [4.78, 5) is 23.6. The molecular formula is C18H16ClNO3. The van der Waals surface area contributed by atoms with Crippen molar-refractivity contribution in [1.82, 2.24) is 5.32 Å². The summed E-state index contributed by atoms with van der Waals surface area (Å²) >= 11 is 5.89. The number of rotatable bonds is 5. The van der Waals surface area contributed by atoms with E-state index in [1.165, 1.54) is 7.05 Å². The van der Waals surface area contributed by atoms with Crippen LogP contribution in [0.1, 0.15) is 11.1 Å². The minimum Gasteiger partial charge on any atom is -0.452 e. The molecule has 1 amide bonds. The van der Waals surface area contributed by atoms with Gasteiger partial charge in [0.25, 0.3) is 5.91 Å². The molecule has 0 radical (unpaired) electrons. The second-order valence-electron chi connectivity index (χ2n) is 4.72. The van der Waals surface area contributed by atoms with Crippen LogP contribution in [0.5, 0.6) is 0 Å². The Bertz CT molecular complexity index is 709. The summed E-state index contributed by atoms with van der Waals surface area (Å²) in [5.74, 6) is -0.937. The van der Waals surface area contributed by atoms with Crippen molar-refractivity contribution in [3.63, 3.8) is 0 Å². The van der Waals surface area contributed by atoms with Crippen molar-refractivity contribution in [2.45, 2.75) is 0 Å². The van der Waals surface area contributed by atoms with Gasteiger partial charge in [0.15, 0.2) is 6.61 Å². The van der Waals surface area contributed by atoms with Crippen LogP contribution in [0.3, 0.4) is 0 Å². The molecule has 0 saturated heterocycles. The third-order valence-electron chi connectivity index (χ3n) is 3.10. The number of benzene rings is 2. The lowest BCUT2D eigenvalue weighted by atomic mass is 10.0. The van der Waals surface area contributed by atoms with Crippen LogP contribution in [0.4, 0.5) is 0 Å². The Kier molecular flexibility index (Phi) is 5.94. The van der Waals surface area contributed by atoms with Crippen LogP contribution in [0, 0.1) is 0 Å². The number of esters is 1. The molecule has 118 valence electrons. The van der Waals surface area contributed by atoms with Gasteiger partial charge in [0.2, 0.25) is 0 Å². The molecule has 0 saturated carbocycles. The van der Waals surface area contributed by atoms with Gasteiger partial charge in [-0.3, -0.25) is 4.79 Å². The lowest BCUT2D eigenvalue weighted by molar-refractivity contribution is -0.142. The monoisotopic (exact) mass is 329 g/mol. The number of halogens is 1. The molecule has 0 heterocycles. The number of likely N-dealkylation sites (N-methyl/N-ethyl adjacent to an activating group) is 1. The molecule has 0 unspecified atom stereocenters. The van der Waals surface area contributed by atoms with Crippen LogP contribution >= 0.6 is 11.6 Å². The molecule has 2 rings (SSSR count). The highest BCUT2D eigenvalue weighted by Gasteiger charge is 2.15. The Morgan fingerprint density at radius 2 is 1.74 bits per heavy atom. The summed E-state index contributed by atoms with van der Waals surface area (Å²) in [5.41, 5.74) is 1.88. The van der Waals surface area contributed by atoms with Gasteiger partial charge in [0.05, 0.1) is 5.57 Å². The van der Waals surface area contributed by atoms with E-state index in [-0.39, 0.29) is 12.5 Å². The van der Waals surface area contributed by atoms with Crippen LogP contribution in [0.2, 0.25) is 5.02 Å². The van der Waals surface area contributed by atoms with Crippen molar-refractivity contribution in [3.8, 4) is 0 Å². The van der Waals surface area contributed by atoms with E-state index in [0.29, 0.717) is 16.2 Å². The van der Waals surface area contributed by atoms with Crippen molar-refractivity contribution in [2.24, 2.45) is 0 Å². The van der Waals surface area contributed by atoms with Gasteiger partial charge >= 0.3 is 5.97 Å². The molecule has 1 N–H and O–H groups in total. The van der Waals surface area contributed by atoms with E-state index in [1.807, 2.05) is 30.3 Å². The molecule has 0 bridgehead atoms. The zero-order chi connectivity index (χ0) is 16.7. The van der Waals surface area contributed by atoms with Gasteiger partial charge in [-0.25, -0.2) is 4.79 Å². The smallest absolute Gasteiger partial charge is 0.339 e. The molecule has 0 aromatic heterocycles. The van der Waals surface area contributed by atoms with E-state index in [2.05, 4.69) is 5.32 Å². The fourth-order valence-corrected chi connectivity index (χ4v) is 2.01. The summed E-state index contributed by atoms with van der Waals surface area (Å²) in [7, 11) is 1.48. The first-order chi connectivity index (χ1) is 11.1. The number of ether oxygens (including phenoxy) is 1. The predicted octanol–water partition coefficient (Wildman–Crippen LogP) is 3.17. The second-order valence-corrected chi connectivity index (χ2v) is 5.16. The van der Waals surface area contributed by atoms with Crippen LogP contribution < -0.4 is 5.32 Å². The maximum Gasteiger partial charge on any atom is 0.339 e. The fourth-order valence-electron chi connectivity index (χ4n) is 1.89. The van der Waals surface area contributed by atoms with Crippen LogP contribution in [0.25, 0.3) is 11.6 Å². The molecule has 0 atom stereocenters. The van der Waals surface area contributed by atoms with E-state index in [1.54, 1.807) is 30.3 Å². The zero-order valence-electron chi connectivity index (χ0n) is 12.6. The van der Waals surface area contributed by atoms with Crippen LogP contribution in [0.15, 0.2) is 54.6 Å². The van der Waals surface area contributed by atoms with Crippen LogP contribution in [-0.4, -0.2) is 25.5 Å². The molecule has 0 aliphatic rings. The van der Waals surface area contributed by atoms with Crippen molar-refractivity contribution < 1.29 is 14.3 Å². The van der Waals surface area contributed by atoms with Crippen LogP contribution in [-0.2, 0) is 14.3 Å². The molecule has 2 aromatic carbocycles. The number of amides is 1. The number of carbonyl (C=O) groups is 2. The third-order valence-corrected chi connectivity index (χ3v) is 3.35. The molecule has 4 nitrogen and oxygen atoms in total.